The highest BCUT2D eigenvalue weighted by Gasteiger charge is 2.48. The molecule has 0 saturated carbocycles. The van der Waals surface area contributed by atoms with Crippen LogP contribution in [-0.2, 0) is 28.6 Å². The van der Waals surface area contributed by atoms with Gasteiger partial charge in [0.25, 0.3) is 0 Å². The van der Waals surface area contributed by atoms with Crippen LogP contribution in [0, 0.1) is 18.8 Å². The smallest absolute Gasteiger partial charge is 0.336 e. The lowest BCUT2D eigenvalue weighted by molar-refractivity contribution is -0.151. The third-order valence-electron chi connectivity index (χ3n) is 5.82. The predicted octanol–water partition coefficient (Wildman–Crippen LogP) is 3.17. The van der Waals surface area contributed by atoms with Gasteiger partial charge in [0.1, 0.15) is 24.0 Å². The highest BCUT2D eigenvalue weighted by Crippen LogP contribution is 2.45. The Labute approximate surface area is 188 Å². The number of Topliss-reactive ketones (excluding diaryl/α,β-unsaturated/α-hetero) is 1. The topological polar surface area (TPSA) is 104 Å². The minimum atomic E-state index is -0.933. The molecule has 0 aromatic carbocycles. The standard InChI is InChI=1S/C24H31NO7/c1-6-9-30-10-11-31-24(28)19-15(4)25-16-12-13(2)18(23(27)29-5)22(26)20(16)21(19)17-8-7-14(3)32-17/h7-8,13,18,21,25H,6,9-12H2,1-5H3/t13-,18+,21+/m0/s1. The zero-order valence-corrected chi connectivity index (χ0v) is 19.3. The summed E-state index contributed by atoms with van der Waals surface area (Å²) < 4.78 is 21.6. The molecule has 8 heteroatoms. The molecule has 0 amide bonds. The zero-order chi connectivity index (χ0) is 23.4. The van der Waals surface area contributed by atoms with Gasteiger partial charge < -0.3 is 23.9 Å². The second-order valence-electron chi connectivity index (χ2n) is 8.23. The molecule has 3 atom stereocenters. The van der Waals surface area contributed by atoms with Crippen LogP contribution in [0.1, 0.15) is 51.1 Å². The lowest BCUT2D eigenvalue weighted by Gasteiger charge is -2.37. The van der Waals surface area contributed by atoms with E-state index < -0.39 is 23.8 Å². The highest BCUT2D eigenvalue weighted by molar-refractivity contribution is 6.12. The van der Waals surface area contributed by atoms with Gasteiger partial charge in [0.15, 0.2) is 5.78 Å². The Morgan fingerprint density at radius 2 is 1.94 bits per heavy atom. The maximum atomic E-state index is 13.5. The lowest BCUT2D eigenvalue weighted by atomic mass is 9.70. The van der Waals surface area contributed by atoms with E-state index in [2.05, 4.69) is 5.32 Å². The van der Waals surface area contributed by atoms with E-state index in [9.17, 15) is 14.4 Å². The Kier molecular flexibility index (Phi) is 7.56. The number of rotatable bonds is 8. The van der Waals surface area contributed by atoms with Crippen molar-refractivity contribution < 1.29 is 33.0 Å². The first-order chi connectivity index (χ1) is 15.3. The maximum absolute atomic E-state index is 13.5. The third-order valence-corrected chi connectivity index (χ3v) is 5.82. The van der Waals surface area contributed by atoms with Crippen molar-refractivity contribution in [2.24, 2.45) is 11.8 Å². The molecule has 2 aliphatic rings. The van der Waals surface area contributed by atoms with Gasteiger partial charge in [-0.25, -0.2) is 4.79 Å². The molecule has 0 radical (unpaired) electrons. The maximum Gasteiger partial charge on any atom is 0.336 e. The van der Waals surface area contributed by atoms with Crippen LogP contribution in [0.4, 0.5) is 0 Å². The van der Waals surface area contributed by atoms with Gasteiger partial charge in [-0.3, -0.25) is 9.59 Å². The van der Waals surface area contributed by atoms with Crippen LogP contribution >= 0.6 is 0 Å². The molecule has 8 nitrogen and oxygen atoms in total. The van der Waals surface area contributed by atoms with Crippen molar-refractivity contribution in [3.8, 4) is 0 Å². The Morgan fingerprint density at radius 1 is 1.19 bits per heavy atom. The molecule has 1 aliphatic carbocycles. The fraction of sp³-hybridized carbons (Fsp3) is 0.542. The third kappa shape index (κ3) is 4.65. The van der Waals surface area contributed by atoms with Crippen LogP contribution in [0.5, 0.6) is 0 Å². The van der Waals surface area contributed by atoms with Crippen LogP contribution in [-0.4, -0.2) is 44.7 Å². The number of furan rings is 1. The summed E-state index contributed by atoms with van der Waals surface area (Å²) in [5, 5.41) is 3.22. The molecule has 0 fully saturated rings. The number of hydrogen-bond acceptors (Lipinski definition) is 8. The number of ether oxygens (including phenoxy) is 3. The number of esters is 2. The molecule has 0 saturated heterocycles. The average molecular weight is 446 g/mol. The summed E-state index contributed by atoms with van der Waals surface area (Å²) in [6, 6.07) is 3.53. The molecule has 32 heavy (non-hydrogen) atoms. The number of nitrogens with one attached hydrogen (secondary N) is 1. The first-order valence-electron chi connectivity index (χ1n) is 10.9. The van der Waals surface area contributed by atoms with Gasteiger partial charge in [0.2, 0.25) is 0 Å². The SMILES string of the molecule is CCCOCCOC(=O)C1=C(C)NC2=C(C(=O)[C@H](C(=O)OC)[C@@H](C)C2)[C@@H]1c1ccc(C)o1. The van der Waals surface area contributed by atoms with E-state index in [1.807, 2.05) is 13.8 Å². The Morgan fingerprint density at radius 3 is 2.56 bits per heavy atom. The average Bonchev–Trinajstić information content (AvgIpc) is 3.18. The van der Waals surface area contributed by atoms with Crippen molar-refractivity contribution in [1.29, 1.82) is 0 Å². The van der Waals surface area contributed by atoms with Crippen molar-refractivity contribution in [1.82, 2.24) is 5.32 Å². The number of dihydropyridines is 1. The summed E-state index contributed by atoms with van der Waals surface area (Å²) in [4.78, 5) is 39.0. The molecule has 2 heterocycles. The van der Waals surface area contributed by atoms with Gasteiger partial charge in [-0.15, -0.1) is 0 Å². The van der Waals surface area contributed by atoms with E-state index >= 15 is 0 Å². The van der Waals surface area contributed by atoms with Gasteiger partial charge in [0, 0.05) is 23.6 Å². The summed E-state index contributed by atoms with van der Waals surface area (Å²) in [5.74, 6) is -2.32. The van der Waals surface area contributed by atoms with E-state index in [1.165, 1.54) is 7.11 Å². The van der Waals surface area contributed by atoms with Crippen LogP contribution < -0.4 is 5.32 Å². The Bertz CT molecular complexity index is 955. The van der Waals surface area contributed by atoms with Crippen LogP contribution in [0.2, 0.25) is 0 Å². The normalized spacial score (nSPS) is 23.0. The summed E-state index contributed by atoms with van der Waals surface area (Å²) in [5.41, 5.74) is 1.94. The number of carbonyl (C=O) groups excluding carboxylic acids is 3. The van der Waals surface area contributed by atoms with Gasteiger partial charge in [-0.1, -0.05) is 13.8 Å². The molecular weight excluding hydrogens is 414 g/mol. The molecule has 3 rings (SSSR count). The molecule has 174 valence electrons. The second kappa shape index (κ2) is 10.2. The number of carbonyl (C=O) groups is 3. The van der Waals surface area contributed by atoms with E-state index in [0.29, 0.717) is 53.7 Å². The number of allylic oxidation sites excluding steroid dienone is 3. The number of ketones is 1. The first kappa shape index (κ1) is 23.8. The van der Waals surface area contributed by atoms with Crippen molar-refractivity contribution in [2.45, 2.75) is 46.5 Å². The molecule has 0 unspecified atom stereocenters. The fourth-order valence-corrected chi connectivity index (χ4v) is 4.36. The molecule has 0 spiro atoms. The minimum absolute atomic E-state index is 0.0984. The monoisotopic (exact) mass is 445 g/mol. The Balaban J connectivity index is 1.98. The van der Waals surface area contributed by atoms with E-state index in [4.69, 9.17) is 18.6 Å². The van der Waals surface area contributed by atoms with Crippen LogP contribution in [0.25, 0.3) is 0 Å². The van der Waals surface area contributed by atoms with Crippen molar-refractivity contribution in [3.05, 3.63) is 46.2 Å². The molecule has 1 aliphatic heterocycles. The quantitative estimate of drug-likeness (QED) is 0.370. The van der Waals surface area contributed by atoms with E-state index in [0.717, 1.165) is 6.42 Å². The van der Waals surface area contributed by atoms with Crippen LogP contribution in [0.15, 0.2) is 39.1 Å². The molecule has 1 aromatic heterocycles. The number of methoxy groups -OCH3 is 1. The summed E-state index contributed by atoms with van der Waals surface area (Å²) in [6.07, 6.45) is 1.35. The van der Waals surface area contributed by atoms with Gasteiger partial charge in [-0.05, 0) is 44.7 Å². The molecular formula is C24H31NO7. The van der Waals surface area contributed by atoms with Crippen molar-refractivity contribution >= 4 is 17.7 Å². The minimum Gasteiger partial charge on any atom is -0.468 e. The largest absolute Gasteiger partial charge is 0.468 e. The zero-order valence-electron chi connectivity index (χ0n) is 19.3. The first-order valence-corrected chi connectivity index (χ1v) is 10.9. The summed E-state index contributed by atoms with van der Waals surface area (Å²) in [6.45, 7) is 8.39. The molecule has 0 bridgehead atoms. The Hall–Kier alpha value is -2.87. The van der Waals surface area contributed by atoms with E-state index in [-0.39, 0.29) is 18.3 Å². The second-order valence-corrected chi connectivity index (χ2v) is 8.23. The lowest BCUT2D eigenvalue weighted by Crippen LogP contribution is -2.43. The molecule has 1 N–H and O–H groups in total. The summed E-state index contributed by atoms with van der Waals surface area (Å²) >= 11 is 0. The number of hydrogen-bond donors (Lipinski definition) is 1. The highest BCUT2D eigenvalue weighted by atomic mass is 16.6. The summed E-state index contributed by atoms with van der Waals surface area (Å²) in [7, 11) is 1.27. The van der Waals surface area contributed by atoms with Crippen molar-refractivity contribution in [2.75, 3.05) is 26.9 Å². The van der Waals surface area contributed by atoms with E-state index in [1.54, 1.807) is 26.0 Å². The predicted molar refractivity (Wildman–Crippen MR) is 115 cm³/mol. The fourth-order valence-electron chi connectivity index (χ4n) is 4.36. The van der Waals surface area contributed by atoms with Gasteiger partial charge in [-0.2, -0.15) is 0 Å². The van der Waals surface area contributed by atoms with Gasteiger partial charge >= 0.3 is 11.9 Å². The molecule has 1 aromatic rings. The van der Waals surface area contributed by atoms with Crippen LogP contribution in [0.3, 0.4) is 0 Å². The number of aryl methyl sites for hydroxylation is 1. The van der Waals surface area contributed by atoms with Gasteiger partial charge in [0.05, 0.1) is 25.2 Å². The van der Waals surface area contributed by atoms with Crippen molar-refractivity contribution in [3.63, 3.8) is 0 Å².